The molecule has 0 aliphatic rings. The average molecular weight is 345 g/mol. The maximum absolute atomic E-state index is 11.6. The Morgan fingerprint density at radius 3 is 2.17 bits per heavy atom. The summed E-state index contributed by atoms with van der Waals surface area (Å²) in [7, 11) is 0. The van der Waals surface area contributed by atoms with E-state index in [1.165, 1.54) is 6.92 Å². The normalized spacial score (nSPS) is 10.0. The molecule has 1 rings (SSSR count). The minimum Gasteiger partial charge on any atom is -0.474 e. The van der Waals surface area contributed by atoms with E-state index in [-0.39, 0.29) is 35.4 Å². The van der Waals surface area contributed by atoms with Gasteiger partial charge < -0.3 is 15.5 Å². The number of aliphatic carboxylic acids is 2. The molecule has 1 aromatic heterocycles. The number of hydrogen-bond donors (Lipinski definition) is 3. The molecule has 0 saturated heterocycles. The third kappa shape index (κ3) is 4.13. The lowest BCUT2D eigenvalue weighted by molar-refractivity contribution is -0.148. The zero-order chi connectivity index (χ0) is 17.7. The lowest BCUT2D eigenvalue weighted by Crippen LogP contribution is -2.38. The van der Waals surface area contributed by atoms with Crippen LogP contribution in [-0.4, -0.2) is 50.5 Å². The van der Waals surface area contributed by atoms with Gasteiger partial charge in [0.25, 0.3) is 0 Å². The summed E-state index contributed by atoms with van der Waals surface area (Å²) in [5.74, 6) is -6.66. The fourth-order valence-corrected chi connectivity index (χ4v) is 1.93. The maximum Gasteiger partial charge on any atom is 0.395 e. The van der Waals surface area contributed by atoms with Crippen LogP contribution in [0.4, 0.5) is 11.8 Å². The van der Waals surface area contributed by atoms with Crippen LogP contribution in [0.25, 0.3) is 0 Å². The summed E-state index contributed by atoms with van der Waals surface area (Å²) < 4.78 is 0. The van der Waals surface area contributed by atoms with E-state index >= 15 is 0 Å². The van der Waals surface area contributed by atoms with Crippen LogP contribution in [0.2, 0.25) is 5.15 Å². The molecule has 0 aromatic carbocycles. The number of likely N-dealkylation sites (N-methyl/N-ethyl adjacent to an activating group) is 1. The highest BCUT2D eigenvalue weighted by molar-refractivity contribution is 6.38. The number of carbonyl (C=O) groups excluding carboxylic acids is 2. The average Bonchev–Trinajstić information content (AvgIpc) is 2.47. The number of carboxylic acid groups (broad SMARTS) is 2. The molecule has 124 valence electrons. The molecule has 11 heteroatoms. The first-order valence-corrected chi connectivity index (χ1v) is 6.76. The molecule has 0 saturated carbocycles. The Bertz CT molecular complexity index is 678. The molecular formula is C12H13ClN4O6. The van der Waals surface area contributed by atoms with Gasteiger partial charge in [0.1, 0.15) is 11.0 Å². The van der Waals surface area contributed by atoms with Gasteiger partial charge in [-0.1, -0.05) is 18.5 Å². The lowest BCUT2D eigenvalue weighted by atomic mass is 10.2. The monoisotopic (exact) mass is 344 g/mol. The number of hydrogen-bond acceptors (Lipinski definition) is 6. The van der Waals surface area contributed by atoms with Crippen molar-refractivity contribution in [1.82, 2.24) is 9.97 Å². The quantitative estimate of drug-likeness (QED) is 0.516. The highest BCUT2D eigenvalue weighted by Crippen LogP contribution is 2.25. The second kappa shape index (κ2) is 7.49. The number of carboxylic acids is 2. The summed E-state index contributed by atoms with van der Waals surface area (Å²) in [6, 6.07) is 0. The molecule has 0 atom stereocenters. The molecule has 10 nitrogen and oxygen atoms in total. The fourth-order valence-electron chi connectivity index (χ4n) is 1.64. The number of carbonyl (C=O) groups is 4. The molecule has 0 radical (unpaired) electrons. The Balaban J connectivity index is 3.38. The summed E-state index contributed by atoms with van der Waals surface area (Å²) in [4.78, 5) is 52.7. The van der Waals surface area contributed by atoms with Crippen LogP contribution < -0.4 is 10.2 Å². The van der Waals surface area contributed by atoms with Crippen LogP contribution in [0.5, 0.6) is 0 Å². The van der Waals surface area contributed by atoms with Crippen molar-refractivity contribution < 1.29 is 29.4 Å². The summed E-state index contributed by atoms with van der Waals surface area (Å²) in [6.45, 7) is 3.08. The summed E-state index contributed by atoms with van der Waals surface area (Å²) in [5, 5.41) is 19.3. The van der Waals surface area contributed by atoms with Crippen molar-refractivity contribution in [2.45, 2.75) is 20.3 Å². The van der Waals surface area contributed by atoms with E-state index in [0.717, 1.165) is 4.90 Å². The Morgan fingerprint density at radius 2 is 1.74 bits per heavy atom. The Morgan fingerprint density at radius 1 is 1.13 bits per heavy atom. The van der Waals surface area contributed by atoms with Crippen molar-refractivity contribution in [2.24, 2.45) is 0 Å². The van der Waals surface area contributed by atoms with Gasteiger partial charge in [-0.3, -0.25) is 14.5 Å². The highest BCUT2D eigenvalue weighted by atomic mass is 35.5. The van der Waals surface area contributed by atoms with Crippen LogP contribution in [0.1, 0.15) is 19.4 Å². The molecule has 2 amide bonds. The Hall–Kier alpha value is -2.75. The van der Waals surface area contributed by atoms with Crippen molar-refractivity contribution in [3.8, 4) is 0 Å². The number of anilines is 2. The van der Waals surface area contributed by atoms with Crippen LogP contribution >= 0.6 is 11.6 Å². The third-order valence-electron chi connectivity index (χ3n) is 2.71. The van der Waals surface area contributed by atoms with Crippen molar-refractivity contribution in [3.05, 3.63) is 10.7 Å². The van der Waals surface area contributed by atoms with Crippen molar-refractivity contribution >= 4 is 47.1 Å². The SMILES string of the molecule is CCc1c(Cl)nc(N(CC)C(=O)C(=O)O)nc1NC(=O)C(=O)O. The van der Waals surface area contributed by atoms with Gasteiger partial charge in [-0.15, -0.1) is 0 Å². The van der Waals surface area contributed by atoms with Gasteiger partial charge in [-0.05, 0) is 13.3 Å². The van der Waals surface area contributed by atoms with Gasteiger partial charge >= 0.3 is 23.8 Å². The van der Waals surface area contributed by atoms with E-state index in [0.29, 0.717) is 0 Å². The molecule has 0 aliphatic heterocycles. The number of amides is 2. The maximum atomic E-state index is 11.6. The highest BCUT2D eigenvalue weighted by Gasteiger charge is 2.26. The summed E-state index contributed by atoms with van der Waals surface area (Å²) in [5.41, 5.74) is 0.254. The number of halogens is 1. The van der Waals surface area contributed by atoms with Gasteiger partial charge in [0.2, 0.25) is 5.95 Å². The molecule has 0 aliphatic carbocycles. The standard InChI is InChI=1S/C12H13ClN4O6/c1-3-5-6(13)14-12(17(4-2)9(19)11(22)23)16-7(5)15-8(18)10(20)21/h3-4H2,1-2H3,(H,20,21)(H,22,23)(H,14,15,16,18). The van der Waals surface area contributed by atoms with Crippen LogP contribution in [0, 0.1) is 0 Å². The fraction of sp³-hybridized carbons (Fsp3) is 0.333. The van der Waals surface area contributed by atoms with E-state index in [4.69, 9.17) is 21.8 Å². The number of nitrogens with zero attached hydrogens (tertiary/aromatic N) is 3. The number of aromatic nitrogens is 2. The molecule has 0 bridgehead atoms. The Labute approximate surface area is 135 Å². The van der Waals surface area contributed by atoms with E-state index < -0.39 is 23.8 Å². The Kier molecular flexibility index (Phi) is 5.96. The van der Waals surface area contributed by atoms with Crippen LogP contribution in [0.3, 0.4) is 0 Å². The molecule has 1 heterocycles. The molecule has 23 heavy (non-hydrogen) atoms. The molecule has 3 N–H and O–H groups in total. The van der Waals surface area contributed by atoms with Gasteiger partial charge in [-0.25, -0.2) is 14.6 Å². The van der Waals surface area contributed by atoms with Gasteiger partial charge in [-0.2, -0.15) is 4.98 Å². The first kappa shape index (κ1) is 18.3. The van der Waals surface area contributed by atoms with Crippen molar-refractivity contribution in [1.29, 1.82) is 0 Å². The zero-order valence-corrected chi connectivity index (χ0v) is 12.9. The molecular weight excluding hydrogens is 332 g/mol. The van der Waals surface area contributed by atoms with Gasteiger partial charge in [0.15, 0.2) is 0 Å². The van der Waals surface area contributed by atoms with Gasteiger partial charge in [0, 0.05) is 12.1 Å². The lowest BCUT2D eigenvalue weighted by Gasteiger charge is -2.19. The first-order chi connectivity index (χ1) is 10.7. The molecule has 0 unspecified atom stereocenters. The van der Waals surface area contributed by atoms with Crippen LogP contribution in [0.15, 0.2) is 0 Å². The van der Waals surface area contributed by atoms with Crippen molar-refractivity contribution in [2.75, 3.05) is 16.8 Å². The van der Waals surface area contributed by atoms with E-state index in [2.05, 4.69) is 9.97 Å². The number of rotatable bonds is 4. The minimum absolute atomic E-state index is 0.0702. The minimum atomic E-state index is -1.74. The van der Waals surface area contributed by atoms with E-state index in [1.54, 1.807) is 6.92 Å². The van der Waals surface area contributed by atoms with Gasteiger partial charge in [0.05, 0.1) is 0 Å². The van der Waals surface area contributed by atoms with Crippen LogP contribution in [-0.2, 0) is 25.6 Å². The summed E-state index contributed by atoms with van der Waals surface area (Å²) >= 11 is 5.95. The molecule has 1 aromatic rings. The second-order valence-electron chi connectivity index (χ2n) is 4.11. The summed E-state index contributed by atoms with van der Waals surface area (Å²) in [6.07, 6.45) is 0.271. The largest absolute Gasteiger partial charge is 0.474 e. The molecule has 0 spiro atoms. The van der Waals surface area contributed by atoms with Crippen molar-refractivity contribution in [3.63, 3.8) is 0 Å². The number of nitrogens with one attached hydrogen (secondary N) is 1. The predicted molar refractivity (Wildman–Crippen MR) is 78.3 cm³/mol. The second-order valence-corrected chi connectivity index (χ2v) is 4.47. The zero-order valence-electron chi connectivity index (χ0n) is 12.2. The predicted octanol–water partition coefficient (Wildman–Crippen LogP) is 0.153. The third-order valence-corrected chi connectivity index (χ3v) is 3.02. The smallest absolute Gasteiger partial charge is 0.395 e. The van der Waals surface area contributed by atoms with E-state index in [1.807, 2.05) is 5.32 Å². The van der Waals surface area contributed by atoms with E-state index in [9.17, 15) is 19.2 Å². The molecule has 0 fully saturated rings. The first-order valence-electron chi connectivity index (χ1n) is 6.38. The topological polar surface area (TPSA) is 150 Å².